The van der Waals surface area contributed by atoms with Crippen molar-refractivity contribution in [3.63, 3.8) is 0 Å². The van der Waals surface area contributed by atoms with Gasteiger partial charge in [-0.25, -0.2) is 4.79 Å². The summed E-state index contributed by atoms with van der Waals surface area (Å²) in [6.07, 6.45) is -1.34. The fraction of sp³-hybridized carbons (Fsp3) is 0.895. The van der Waals surface area contributed by atoms with E-state index < -0.39 is 32.6 Å². The maximum absolute atomic E-state index is 13.0. The van der Waals surface area contributed by atoms with Crippen LogP contribution < -0.4 is 5.32 Å². The van der Waals surface area contributed by atoms with Gasteiger partial charge in [0.1, 0.15) is 11.7 Å². The first-order chi connectivity index (χ1) is 12.1. The molecule has 2 N–H and O–H groups in total. The zero-order valence-electron chi connectivity index (χ0n) is 18.3. The van der Waals surface area contributed by atoms with Crippen molar-refractivity contribution >= 4 is 21.0 Å². The van der Waals surface area contributed by atoms with Gasteiger partial charge in [0.15, 0.2) is 5.72 Å². The minimum atomic E-state index is -1.28. The first-order valence-electron chi connectivity index (χ1n) is 9.51. The van der Waals surface area contributed by atoms with Crippen LogP contribution in [0.15, 0.2) is 0 Å². The zero-order valence-corrected chi connectivity index (χ0v) is 19.3. The van der Waals surface area contributed by atoms with E-state index in [1.165, 1.54) is 11.9 Å². The van der Waals surface area contributed by atoms with Crippen molar-refractivity contribution in [2.75, 3.05) is 13.6 Å². The van der Waals surface area contributed by atoms with Gasteiger partial charge in [-0.05, 0) is 45.2 Å². The van der Waals surface area contributed by atoms with Crippen LogP contribution in [0.5, 0.6) is 0 Å². The van der Waals surface area contributed by atoms with Crippen molar-refractivity contribution in [3.8, 4) is 0 Å². The molecule has 1 unspecified atom stereocenters. The Morgan fingerprint density at radius 1 is 1.26 bits per heavy atom. The molecule has 1 aliphatic heterocycles. The van der Waals surface area contributed by atoms with Crippen molar-refractivity contribution in [1.29, 1.82) is 0 Å². The van der Waals surface area contributed by atoms with Crippen LogP contribution in [0.1, 0.15) is 54.4 Å². The normalized spacial score (nSPS) is 24.9. The van der Waals surface area contributed by atoms with E-state index in [-0.39, 0.29) is 23.7 Å². The molecule has 3 atom stereocenters. The maximum Gasteiger partial charge on any atom is 0.412 e. The molecule has 1 rings (SSSR count). The Bertz CT molecular complexity index is 541. The maximum atomic E-state index is 13.0. The van der Waals surface area contributed by atoms with Crippen molar-refractivity contribution in [3.05, 3.63) is 0 Å². The summed E-state index contributed by atoms with van der Waals surface area (Å²) in [6.45, 7) is 16.1. The van der Waals surface area contributed by atoms with Gasteiger partial charge in [-0.3, -0.25) is 9.69 Å². The van der Waals surface area contributed by atoms with Gasteiger partial charge in [0.05, 0.1) is 6.42 Å². The van der Waals surface area contributed by atoms with Crippen molar-refractivity contribution < 1.29 is 23.9 Å². The second kappa shape index (κ2) is 8.49. The minimum Gasteiger partial charge on any atom is -0.444 e. The summed E-state index contributed by atoms with van der Waals surface area (Å²) in [5.41, 5.74) is -2.02. The lowest BCUT2D eigenvalue weighted by Gasteiger charge is -2.43. The first kappa shape index (κ1) is 23.9. The molecule has 27 heavy (non-hydrogen) atoms. The quantitative estimate of drug-likeness (QED) is 0.692. The average molecular weight is 402 g/mol. The summed E-state index contributed by atoms with van der Waals surface area (Å²) in [7, 11) is 0.244. The number of nitrogens with one attached hydrogen (secondary N) is 1. The molecule has 0 aliphatic carbocycles. The molecule has 1 fully saturated rings. The van der Waals surface area contributed by atoms with E-state index in [9.17, 15) is 14.7 Å². The average Bonchev–Trinajstić information content (AvgIpc) is 2.85. The predicted molar refractivity (Wildman–Crippen MR) is 106 cm³/mol. The molecule has 0 spiro atoms. The predicted octanol–water partition coefficient (Wildman–Crippen LogP) is 2.75. The number of nitrogens with zero attached hydrogens (tertiary/aromatic N) is 1. The number of rotatable bonds is 5. The van der Waals surface area contributed by atoms with Crippen molar-refractivity contribution in [2.45, 2.75) is 84.9 Å². The van der Waals surface area contributed by atoms with Crippen molar-refractivity contribution in [1.82, 2.24) is 10.2 Å². The Labute approximate surface area is 165 Å². The third-order valence-electron chi connectivity index (χ3n) is 4.80. The van der Waals surface area contributed by atoms with E-state index >= 15 is 0 Å². The van der Waals surface area contributed by atoms with Gasteiger partial charge in [0, 0.05) is 20.0 Å². The highest BCUT2D eigenvalue weighted by atomic mass is 28.3. The summed E-state index contributed by atoms with van der Waals surface area (Å²) in [4.78, 5) is 26.5. The van der Waals surface area contributed by atoms with Crippen LogP contribution in [-0.4, -0.2) is 62.1 Å². The van der Waals surface area contributed by atoms with Crippen LogP contribution >= 0.6 is 0 Å². The number of carbonyl (C=O) groups excluding carboxylic acids is 2. The number of aliphatic hydroxyl groups is 1. The van der Waals surface area contributed by atoms with Crippen LogP contribution in [0.2, 0.25) is 13.1 Å². The van der Waals surface area contributed by atoms with E-state index in [4.69, 9.17) is 9.16 Å². The van der Waals surface area contributed by atoms with E-state index in [2.05, 4.69) is 26.1 Å². The molecule has 1 radical (unpaired) electrons. The van der Waals surface area contributed by atoms with Crippen LogP contribution in [-0.2, 0) is 14.0 Å². The van der Waals surface area contributed by atoms with Gasteiger partial charge in [-0.15, -0.1) is 0 Å². The molecule has 157 valence electrons. The SMILES string of the molecule is CNC(=O)CC(O)[C@@]1(O[Si](C)C)C[C@H](C(C)(C)C)CN1C(=O)OC(C)(C)C. The highest BCUT2D eigenvalue weighted by Crippen LogP contribution is 2.46. The lowest BCUT2D eigenvalue weighted by molar-refractivity contribution is -0.150. The van der Waals surface area contributed by atoms with Gasteiger partial charge in [-0.2, -0.15) is 0 Å². The standard InChI is InChI=1S/C19H37N2O5Si/c1-17(2,3)13-11-19(26-27(8)9,14(22)10-15(23)20-7)21(12-13)16(24)25-18(4,5)6/h13-14,22H,10-12H2,1-9H3,(H,20,23)/t13-,14?,19-/m0/s1. The molecule has 0 aromatic rings. The second-order valence-electron chi connectivity index (χ2n) is 9.61. The molecular formula is C19H37N2O5Si. The highest BCUT2D eigenvalue weighted by Gasteiger charge is 2.57. The smallest absolute Gasteiger partial charge is 0.412 e. The molecule has 7 nitrogen and oxygen atoms in total. The van der Waals surface area contributed by atoms with E-state index in [1.54, 1.807) is 20.8 Å². The Kier molecular flexibility index (Phi) is 7.52. The molecule has 0 bridgehead atoms. The minimum absolute atomic E-state index is 0.0908. The van der Waals surface area contributed by atoms with Gasteiger partial charge < -0.3 is 19.6 Å². The molecule has 1 aliphatic rings. The lowest BCUT2D eigenvalue weighted by atomic mass is 9.78. The summed E-state index contributed by atoms with van der Waals surface area (Å²) in [5, 5.41) is 13.6. The van der Waals surface area contributed by atoms with Crippen LogP contribution in [0.3, 0.4) is 0 Å². The molecule has 2 amide bonds. The Balaban J connectivity index is 3.36. The van der Waals surface area contributed by atoms with Gasteiger partial charge >= 0.3 is 6.09 Å². The fourth-order valence-corrected chi connectivity index (χ4v) is 4.34. The fourth-order valence-electron chi connectivity index (χ4n) is 3.30. The topological polar surface area (TPSA) is 88.1 Å². The van der Waals surface area contributed by atoms with E-state index in [0.717, 1.165) is 0 Å². The Morgan fingerprint density at radius 3 is 2.22 bits per heavy atom. The van der Waals surface area contributed by atoms with Crippen LogP contribution in [0.4, 0.5) is 4.79 Å². The summed E-state index contributed by atoms with van der Waals surface area (Å²) < 4.78 is 11.9. The van der Waals surface area contributed by atoms with E-state index in [0.29, 0.717) is 13.0 Å². The third-order valence-corrected chi connectivity index (χ3v) is 5.56. The zero-order chi connectivity index (χ0) is 21.2. The second-order valence-corrected chi connectivity index (χ2v) is 11.6. The Hall–Kier alpha value is -1.12. The van der Waals surface area contributed by atoms with Gasteiger partial charge in [0.2, 0.25) is 14.9 Å². The number of ether oxygens (including phenoxy) is 1. The molecule has 8 heteroatoms. The molecule has 0 aromatic carbocycles. The number of amides is 2. The molecule has 1 heterocycles. The third kappa shape index (κ3) is 6.19. The number of hydrogen-bond acceptors (Lipinski definition) is 5. The number of likely N-dealkylation sites (tertiary alicyclic amines) is 1. The summed E-state index contributed by atoms with van der Waals surface area (Å²) >= 11 is 0. The van der Waals surface area contributed by atoms with Crippen LogP contribution in [0.25, 0.3) is 0 Å². The Morgan fingerprint density at radius 2 is 1.81 bits per heavy atom. The monoisotopic (exact) mass is 401 g/mol. The lowest BCUT2D eigenvalue weighted by Crippen LogP contribution is -2.60. The molecular weight excluding hydrogens is 364 g/mol. The van der Waals surface area contributed by atoms with Gasteiger partial charge in [0.25, 0.3) is 0 Å². The number of aliphatic hydroxyl groups excluding tert-OH is 1. The summed E-state index contributed by atoms with van der Waals surface area (Å²) in [5.74, 6) is -0.194. The largest absolute Gasteiger partial charge is 0.444 e. The highest BCUT2D eigenvalue weighted by molar-refractivity contribution is 6.48. The van der Waals surface area contributed by atoms with Crippen molar-refractivity contribution in [2.24, 2.45) is 11.3 Å². The van der Waals surface area contributed by atoms with Gasteiger partial charge in [-0.1, -0.05) is 20.8 Å². The summed E-state index contributed by atoms with van der Waals surface area (Å²) in [6, 6.07) is 0. The molecule has 0 saturated carbocycles. The molecule has 0 aromatic heterocycles. The first-order valence-corrected chi connectivity index (χ1v) is 11.9. The number of carbonyl (C=O) groups is 2. The van der Waals surface area contributed by atoms with Crippen LogP contribution in [0, 0.1) is 11.3 Å². The number of hydrogen-bond donors (Lipinski definition) is 2. The van der Waals surface area contributed by atoms with E-state index in [1.807, 2.05) is 13.1 Å². The molecule has 1 saturated heterocycles.